The van der Waals surface area contributed by atoms with Crippen molar-refractivity contribution in [3.8, 4) is 5.88 Å². The van der Waals surface area contributed by atoms with Crippen LogP contribution in [0.3, 0.4) is 0 Å². The highest BCUT2D eigenvalue weighted by molar-refractivity contribution is 5.61. The Morgan fingerprint density at radius 2 is 1.46 bits per heavy atom. The molecule has 0 spiro atoms. The van der Waals surface area contributed by atoms with Crippen LogP contribution in [0.15, 0.2) is 54.7 Å². The summed E-state index contributed by atoms with van der Waals surface area (Å²) in [6, 6.07) is 15.2. The maximum Gasteiger partial charge on any atom is 0.233 e. The van der Waals surface area contributed by atoms with Crippen molar-refractivity contribution >= 4 is 23.3 Å². The molecular formula is C17H18N6O. The van der Waals surface area contributed by atoms with E-state index in [1.165, 1.54) is 0 Å². The minimum absolute atomic E-state index is 0.476. The number of hydrogen-bond donors (Lipinski definition) is 0. The maximum atomic E-state index is 5.03. The lowest BCUT2D eigenvalue weighted by Crippen LogP contribution is -2.17. The van der Waals surface area contributed by atoms with Crippen LogP contribution >= 0.6 is 0 Å². The molecule has 0 aliphatic heterocycles. The van der Waals surface area contributed by atoms with Crippen LogP contribution in [0.2, 0.25) is 0 Å². The van der Waals surface area contributed by atoms with E-state index in [9.17, 15) is 0 Å². The second kappa shape index (κ2) is 6.91. The van der Waals surface area contributed by atoms with Crippen LogP contribution < -0.4 is 14.5 Å². The van der Waals surface area contributed by atoms with Gasteiger partial charge in [0, 0.05) is 26.4 Å². The molecule has 3 rings (SSSR count). The average Bonchev–Trinajstić information content (AvgIpc) is 2.67. The van der Waals surface area contributed by atoms with Crippen molar-refractivity contribution < 1.29 is 4.74 Å². The molecule has 0 N–H and O–H groups in total. The summed E-state index contributed by atoms with van der Waals surface area (Å²) < 4.78 is 5.03. The van der Waals surface area contributed by atoms with E-state index in [0.29, 0.717) is 11.7 Å². The summed E-state index contributed by atoms with van der Waals surface area (Å²) in [6.07, 6.45) is 1.76. The van der Waals surface area contributed by atoms with Crippen molar-refractivity contribution in [1.82, 2.24) is 20.2 Å². The molecule has 0 atom stereocenters. The minimum Gasteiger partial charge on any atom is -0.480 e. The van der Waals surface area contributed by atoms with Gasteiger partial charge in [0.2, 0.25) is 5.88 Å². The fourth-order valence-electron chi connectivity index (χ4n) is 2.17. The Morgan fingerprint density at radius 3 is 2.04 bits per heavy atom. The van der Waals surface area contributed by atoms with Crippen molar-refractivity contribution in [1.29, 1.82) is 0 Å². The highest BCUT2D eigenvalue weighted by Gasteiger charge is 2.11. The molecule has 0 radical (unpaired) electrons. The lowest BCUT2D eigenvalue weighted by molar-refractivity contribution is 0.392. The van der Waals surface area contributed by atoms with E-state index < -0.39 is 0 Å². The lowest BCUT2D eigenvalue weighted by Gasteiger charge is -2.21. The molecule has 7 heteroatoms. The third-order valence-electron chi connectivity index (χ3n) is 3.58. The standard InChI is InChI=1S/C17H18N6O/c1-22(13-7-4-5-12-18-13)14-8-6-9-15(19-14)23(2)16-10-11-17(24-3)21-20-16/h4-12H,1-3H3. The van der Waals surface area contributed by atoms with Gasteiger partial charge in [-0.1, -0.05) is 12.1 Å². The Morgan fingerprint density at radius 1 is 0.750 bits per heavy atom. The summed E-state index contributed by atoms with van der Waals surface area (Å²) in [4.78, 5) is 12.8. The Kier molecular flexibility index (Phi) is 4.51. The SMILES string of the molecule is COc1ccc(N(C)c2cccc(N(C)c3ccccn3)n2)nn1. The zero-order valence-corrected chi connectivity index (χ0v) is 13.8. The normalized spacial score (nSPS) is 10.3. The monoisotopic (exact) mass is 322 g/mol. The molecule has 0 saturated carbocycles. The van der Waals surface area contributed by atoms with E-state index in [1.54, 1.807) is 19.4 Å². The molecule has 24 heavy (non-hydrogen) atoms. The van der Waals surface area contributed by atoms with E-state index in [2.05, 4.69) is 20.2 Å². The number of hydrogen-bond acceptors (Lipinski definition) is 7. The molecule has 0 aliphatic carbocycles. The summed E-state index contributed by atoms with van der Waals surface area (Å²) in [5, 5.41) is 8.13. The first-order valence-electron chi connectivity index (χ1n) is 7.42. The molecular weight excluding hydrogens is 304 g/mol. The van der Waals surface area contributed by atoms with Crippen molar-refractivity contribution in [2.45, 2.75) is 0 Å². The van der Waals surface area contributed by atoms with Crippen molar-refractivity contribution in [3.63, 3.8) is 0 Å². The van der Waals surface area contributed by atoms with Crippen LogP contribution in [-0.2, 0) is 0 Å². The first kappa shape index (κ1) is 15.7. The van der Waals surface area contributed by atoms with Crippen LogP contribution in [0.1, 0.15) is 0 Å². The maximum absolute atomic E-state index is 5.03. The molecule has 0 unspecified atom stereocenters. The number of nitrogens with zero attached hydrogens (tertiary/aromatic N) is 6. The van der Waals surface area contributed by atoms with Crippen molar-refractivity contribution in [2.24, 2.45) is 0 Å². The number of pyridine rings is 2. The molecule has 3 heterocycles. The number of rotatable bonds is 5. The van der Waals surface area contributed by atoms with E-state index >= 15 is 0 Å². The van der Waals surface area contributed by atoms with Gasteiger partial charge in [0.25, 0.3) is 0 Å². The zero-order valence-electron chi connectivity index (χ0n) is 13.8. The van der Waals surface area contributed by atoms with Crippen LogP contribution in [-0.4, -0.2) is 41.4 Å². The first-order chi connectivity index (χ1) is 11.7. The Labute approximate surface area is 140 Å². The molecule has 3 aromatic rings. The van der Waals surface area contributed by atoms with E-state index in [0.717, 1.165) is 17.5 Å². The number of anilines is 4. The van der Waals surface area contributed by atoms with E-state index in [1.807, 2.05) is 66.4 Å². The lowest BCUT2D eigenvalue weighted by atomic mass is 10.3. The Bertz CT molecular complexity index is 794. The molecule has 0 aliphatic rings. The van der Waals surface area contributed by atoms with Gasteiger partial charge in [0.05, 0.1) is 7.11 Å². The largest absolute Gasteiger partial charge is 0.480 e. The summed E-state index contributed by atoms with van der Waals surface area (Å²) in [7, 11) is 5.39. The highest BCUT2D eigenvalue weighted by Crippen LogP contribution is 2.25. The second-order valence-electron chi connectivity index (χ2n) is 5.09. The van der Waals surface area contributed by atoms with Crippen molar-refractivity contribution in [3.05, 3.63) is 54.7 Å². The Hall–Kier alpha value is -3.22. The van der Waals surface area contributed by atoms with Gasteiger partial charge in [-0.15, -0.1) is 10.2 Å². The van der Waals surface area contributed by atoms with Crippen LogP contribution in [0.5, 0.6) is 5.88 Å². The first-order valence-corrected chi connectivity index (χ1v) is 7.42. The van der Waals surface area contributed by atoms with Crippen LogP contribution in [0.4, 0.5) is 23.3 Å². The van der Waals surface area contributed by atoms with Gasteiger partial charge in [-0.2, -0.15) is 0 Å². The van der Waals surface area contributed by atoms with Gasteiger partial charge >= 0.3 is 0 Å². The molecule has 0 bridgehead atoms. The molecule has 122 valence electrons. The fraction of sp³-hybridized carbons (Fsp3) is 0.176. The quantitative estimate of drug-likeness (QED) is 0.715. The van der Waals surface area contributed by atoms with Gasteiger partial charge < -0.3 is 14.5 Å². The minimum atomic E-state index is 0.476. The zero-order chi connectivity index (χ0) is 16.9. The molecule has 0 fully saturated rings. The second-order valence-corrected chi connectivity index (χ2v) is 5.09. The number of methoxy groups -OCH3 is 1. The summed E-state index contributed by atoms with van der Waals surface area (Å²) in [5.41, 5.74) is 0. The summed E-state index contributed by atoms with van der Waals surface area (Å²) >= 11 is 0. The van der Waals surface area contributed by atoms with Gasteiger partial charge in [0.1, 0.15) is 17.5 Å². The summed E-state index contributed by atoms with van der Waals surface area (Å²) in [5.74, 6) is 3.54. The van der Waals surface area contributed by atoms with Crippen LogP contribution in [0, 0.1) is 0 Å². The predicted octanol–water partition coefficient (Wildman–Crippen LogP) is 2.81. The molecule has 0 aromatic carbocycles. The van der Waals surface area contributed by atoms with Crippen LogP contribution in [0.25, 0.3) is 0 Å². The average molecular weight is 322 g/mol. The molecule has 3 aromatic heterocycles. The van der Waals surface area contributed by atoms with Gasteiger partial charge in [-0.25, -0.2) is 9.97 Å². The van der Waals surface area contributed by atoms with Gasteiger partial charge in [-0.3, -0.25) is 0 Å². The van der Waals surface area contributed by atoms with Crippen molar-refractivity contribution in [2.75, 3.05) is 31.0 Å². The smallest absolute Gasteiger partial charge is 0.233 e. The number of aromatic nitrogens is 4. The van der Waals surface area contributed by atoms with Gasteiger partial charge in [0.15, 0.2) is 5.82 Å². The highest BCUT2D eigenvalue weighted by atomic mass is 16.5. The number of ether oxygens (including phenoxy) is 1. The third-order valence-corrected chi connectivity index (χ3v) is 3.58. The van der Waals surface area contributed by atoms with Gasteiger partial charge in [-0.05, 0) is 30.3 Å². The fourth-order valence-corrected chi connectivity index (χ4v) is 2.17. The molecule has 0 amide bonds. The topological polar surface area (TPSA) is 67.3 Å². The Balaban J connectivity index is 1.86. The molecule has 0 saturated heterocycles. The molecule has 7 nitrogen and oxygen atoms in total. The third kappa shape index (κ3) is 3.24. The van der Waals surface area contributed by atoms with E-state index in [4.69, 9.17) is 4.74 Å². The summed E-state index contributed by atoms with van der Waals surface area (Å²) in [6.45, 7) is 0. The van der Waals surface area contributed by atoms with E-state index in [-0.39, 0.29) is 0 Å². The predicted molar refractivity (Wildman–Crippen MR) is 93.2 cm³/mol.